The molecule has 0 aliphatic carbocycles. The molecule has 1 aromatic carbocycles. The lowest BCUT2D eigenvalue weighted by atomic mass is 9.77. The first-order valence-corrected chi connectivity index (χ1v) is 8.44. The Kier molecular flexibility index (Phi) is 3.93. The van der Waals surface area contributed by atoms with Gasteiger partial charge in [-0.2, -0.15) is 0 Å². The van der Waals surface area contributed by atoms with Gasteiger partial charge in [-0.05, 0) is 55.6 Å². The Morgan fingerprint density at radius 3 is 2.45 bits per heavy atom. The second-order valence-corrected chi connectivity index (χ2v) is 7.61. The monoisotopic (exact) mass is 315 g/mol. The first kappa shape index (κ1) is 15.7. The molecule has 3 nitrogen and oxygen atoms in total. The van der Waals surface area contributed by atoms with Gasteiger partial charge in [0.15, 0.2) is 0 Å². The van der Waals surface area contributed by atoms with Crippen LogP contribution in [0.3, 0.4) is 0 Å². The summed E-state index contributed by atoms with van der Waals surface area (Å²) >= 11 is 1.74. The van der Waals surface area contributed by atoms with Gasteiger partial charge in [0.05, 0.1) is 11.2 Å². The first-order chi connectivity index (χ1) is 10.3. The van der Waals surface area contributed by atoms with E-state index in [1.807, 2.05) is 0 Å². The largest absolute Gasteiger partial charge is 0.491 e. The molecule has 1 aliphatic rings. The minimum Gasteiger partial charge on any atom is -0.400 e. The van der Waals surface area contributed by atoms with Crippen LogP contribution >= 0.6 is 11.3 Å². The van der Waals surface area contributed by atoms with E-state index in [4.69, 9.17) is 15.0 Å². The topological polar surface area (TPSA) is 44.5 Å². The molecule has 0 amide bonds. The smallest absolute Gasteiger partial charge is 0.400 e. The van der Waals surface area contributed by atoms with Crippen molar-refractivity contribution in [3.05, 3.63) is 40.7 Å². The quantitative estimate of drug-likeness (QED) is 0.874. The predicted molar refractivity (Wildman–Crippen MR) is 94.9 cm³/mol. The van der Waals surface area contributed by atoms with Gasteiger partial charge in [0.2, 0.25) is 0 Å². The Hall–Kier alpha value is -1.14. The fraction of sp³-hybridized carbons (Fsp3) is 0.412. The van der Waals surface area contributed by atoms with E-state index in [2.05, 4.69) is 63.4 Å². The number of fused-ring (bicyclic) bond motifs is 1. The van der Waals surface area contributed by atoms with Gasteiger partial charge in [0.25, 0.3) is 0 Å². The summed E-state index contributed by atoms with van der Waals surface area (Å²) in [6.45, 7) is 8.64. The van der Waals surface area contributed by atoms with E-state index in [9.17, 15) is 0 Å². The second kappa shape index (κ2) is 5.50. The molecule has 1 fully saturated rings. The SMILES string of the molecule is CC1(C)OB(C(=Cc2csc3ccccc23)CN)OC1(C)C. The number of rotatable bonds is 3. The van der Waals surface area contributed by atoms with Crippen molar-refractivity contribution < 1.29 is 9.31 Å². The molecule has 0 spiro atoms. The van der Waals surface area contributed by atoms with E-state index in [0.717, 1.165) is 5.47 Å². The molecule has 5 heteroatoms. The molecule has 0 saturated carbocycles. The van der Waals surface area contributed by atoms with Crippen LogP contribution in [-0.4, -0.2) is 24.9 Å². The van der Waals surface area contributed by atoms with E-state index in [1.54, 1.807) is 11.3 Å². The van der Waals surface area contributed by atoms with Gasteiger partial charge in [-0.3, -0.25) is 0 Å². The highest BCUT2D eigenvalue weighted by Gasteiger charge is 2.52. The summed E-state index contributed by atoms with van der Waals surface area (Å²) in [7, 11) is -0.381. The molecule has 0 radical (unpaired) electrons. The van der Waals surface area contributed by atoms with Gasteiger partial charge >= 0.3 is 7.12 Å². The summed E-state index contributed by atoms with van der Waals surface area (Å²) < 4.78 is 13.5. The van der Waals surface area contributed by atoms with Gasteiger partial charge in [-0.25, -0.2) is 0 Å². The zero-order valence-electron chi connectivity index (χ0n) is 13.6. The van der Waals surface area contributed by atoms with Crippen LogP contribution in [0.5, 0.6) is 0 Å². The van der Waals surface area contributed by atoms with E-state index >= 15 is 0 Å². The van der Waals surface area contributed by atoms with Crippen molar-refractivity contribution in [3.63, 3.8) is 0 Å². The van der Waals surface area contributed by atoms with E-state index in [0.29, 0.717) is 6.54 Å². The lowest BCUT2D eigenvalue weighted by molar-refractivity contribution is 0.00578. The van der Waals surface area contributed by atoms with Crippen LogP contribution in [0.25, 0.3) is 16.2 Å². The molecule has 2 aromatic rings. The van der Waals surface area contributed by atoms with Crippen molar-refractivity contribution in [1.82, 2.24) is 0 Å². The molecule has 1 aromatic heterocycles. The number of nitrogens with two attached hydrogens (primary N) is 1. The summed E-state index contributed by atoms with van der Waals surface area (Å²) in [5.74, 6) is 0. The molecule has 0 bridgehead atoms. The molecule has 116 valence electrons. The Labute approximate surface area is 136 Å². The van der Waals surface area contributed by atoms with Crippen molar-refractivity contribution in [3.8, 4) is 0 Å². The highest BCUT2D eigenvalue weighted by atomic mass is 32.1. The molecule has 2 N–H and O–H groups in total. The minimum atomic E-state index is -0.381. The fourth-order valence-electron chi connectivity index (χ4n) is 2.53. The first-order valence-electron chi connectivity index (χ1n) is 7.56. The highest BCUT2D eigenvalue weighted by Crippen LogP contribution is 2.39. The van der Waals surface area contributed by atoms with Crippen LogP contribution in [0.1, 0.15) is 33.3 Å². The maximum atomic E-state index is 6.11. The van der Waals surface area contributed by atoms with E-state index in [-0.39, 0.29) is 18.3 Å². The number of benzene rings is 1. The molecule has 1 saturated heterocycles. The Bertz CT molecular complexity index is 704. The van der Waals surface area contributed by atoms with Crippen molar-refractivity contribution in [2.75, 3.05) is 6.54 Å². The Balaban J connectivity index is 1.95. The second-order valence-electron chi connectivity index (χ2n) is 6.70. The molecule has 1 aliphatic heterocycles. The summed E-state index contributed by atoms with van der Waals surface area (Å²) in [5, 5.41) is 3.40. The third-order valence-electron chi connectivity index (χ3n) is 4.64. The van der Waals surface area contributed by atoms with Crippen LogP contribution < -0.4 is 5.73 Å². The summed E-state index contributed by atoms with van der Waals surface area (Å²) in [5.41, 5.74) is 7.43. The third-order valence-corrected chi connectivity index (χ3v) is 5.63. The maximum Gasteiger partial charge on any atom is 0.491 e. The summed E-state index contributed by atoms with van der Waals surface area (Å²) in [6.07, 6.45) is 2.11. The Morgan fingerprint density at radius 1 is 1.18 bits per heavy atom. The molecule has 22 heavy (non-hydrogen) atoms. The average Bonchev–Trinajstić information content (AvgIpc) is 2.95. The standard InChI is InChI=1S/C17H22BNO2S/c1-16(2)17(3,4)21-18(20-16)13(10-19)9-12-11-22-15-8-6-5-7-14(12)15/h5-9,11H,10,19H2,1-4H3. The third kappa shape index (κ3) is 2.63. The van der Waals surface area contributed by atoms with Crippen molar-refractivity contribution in [1.29, 1.82) is 0 Å². The van der Waals surface area contributed by atoms with E-state index in [1.165, 1.54) is 15.6 Å². The van der Waals surface area contributed by atoms with Crippen LogP contribution in [-0.2, 0) is 9.31 Å². The van der Waals surface area contributed by atoms with Crippen molar-refractivity contribution in [2.45, 2.75) is 38.9 Å². The molecule has 0 unspecified atom stereocenters. The highest BCUT2D eigenvalue weighted by molar-refractivity contribution is 7.17. The van der Waals surface area contributed by atoms with Gasteiger partial charge in [0.1, 0.15) is 0 Å². The summed E-state index contributed by atoms with van der Waals surface area (Å²) in [6, 6.07) is 8.39. The molecular weight excluding hydrogens is 293 g/mol. The normalized spacial score (nSPS) is 20.8. The molecule has 0 atom stereocenters. The van der Waals surface area contributed by atoms with Gasteiger partial charge in [-0.15, -0.1) is 11.3 Å². The molecule has 3 rings (SSSR count). The lowest BCUT2D eigenvalue weighted by Crippen LogP contribution is -2.41. The van der Waals surface area contributed by atoms with Crippen LogP contribution in [0, 0.1) is 0 Å². The summed E-state index contributed by atoms with van der Waals surface area (Å²) in [4.78, 5) is 0. The van der Waals surface area contributed by atoms with Crippen molar-refractivity contribution in [2.24, 2.45) is 5.73 Å². The van der Waals surface area contributed by atoms with Crippen LogP contribution in [0.4, 0.5) is 0 Å². The van der Waals surface area contributed by atoms with Gasteiger partial charge < -0.3 is 15.0 Å². The lowest BCUT2D eigenvalue weighted by Gasteiger charge is -2.32. The van der Waals surface area contributed by atoms with Crippen molar-refractivity contribution >= 4 is 34.6 Å². The van der Waals surface area contributed by atoms with Gasteiger partial charge in [0, 0.05) is 11.2 Å². The zero-order valence-corrected chi connectivity index (χ0v) is 14.4. The molecule has 2 heterocycles. The van der Waals surface area contributed by atoms with E-state index < -0.39 is 0 Å². The maximum absolute atomic E-state index is 6.11. The minimum absolute atomic E-state index is 0.345. The zero-order chi connectivity index (χ0) is 16.0. The molecular formula is C17H22BNO2S. The number of hydrogen-bond donors (Lipinski definition) is 1. The van der Waals surface area contributed by atoms with Gasteiger partial charge in [-0.1, -0.05) is 24.3 Å². The number of thiophene rings is 1. The van der Waals surface area contributed by atoms with Crippen LogP contribution in [0.15, 0.2) is 35.1 Å². The number of hydrogen-bond acceptors (Lipinski definition) is 4. The Morgan fingerprint density at radius 2 is 1.82 bits per heavy atom. The van der Waals surface area contributed by atoms with Crippen LogP contribution in [0.2, 0.25) is 0 Å². The predicted octanol–water partition coefficient (Wildman–Crippen LogP) is 3.87. The average molecular weight is 315 g/mol. The fourth-order valence-corrected chi connectivity index (χ4v) is 3.45.